The van der Waals surface area contributed by atoms with Gasteiger partial charge in [0, 0.05) is 0 Å². The SMILES string of the molecule is C=C1CC2CC[C@@]34C[C@H]5OC6C(O3)[C@H]3OC(CCCC3O[C@H]6C5O4)CC(=O)CC3C(CC4OC(CCC1O2)C[C@@H](C)C4=C)OI(CC(O)CN)[C@@H]3OC. The molecule has 0 amide bonds. The number of halogens is 1. The monoisotopic (exact) mass is 857 g/mol. The first-order valence-electron chi connectivity index (χ1n) is 20.3. The van der Waals surface area contributed by atoms with E-state index in [0.717, 1.165) is 62.5 Å². The third kappa shape index (κ3) is 7.28. The normalized spacial score (nSPS) is 51.2. The molecule has 10 fully saturated rings. The molecule has 18 atom stereocenters. The van der Waals surface area contributed by atoms with Gasteiger partial charge in [0.2, 0.25) is 0 Å². The second kappa shape index (κ2) is 15.3. The van der Waals surface area contributed by atoms with Gasteiger partial charge >= 0.3 is 323 Å². The summed E-state index contributed by atoms with van der Waals surface area (Å²) in [6, 6.07) is 0. The molecule has 0 aromatic rings. The van der Waals surface area contributed by atoms with E-state index in [-0.39, 0.29) is 102 Å². The Morgan fingerprint density at radius 2 is 1.62 bits per heavy atom. The summed E-state index contributed by atoms with van der Waals surface area (Å²) in [5.74, 6) is -0.512. The van der Waals surface area contributed by atoms with Crippen molar-refractivity contribution in [2.24, 2.45) is 17.6 Å². The molecule has 53 heavy (non-hydrogen) atoms. The quantitative estimate of drug-likeness (QED) is 0.234. The second-order valence-corrected chi connectivity index (χ2v) is 22.0. The number of ether oxygens (including phenoxy) is 8. The third-order valence-electron chi connectivity index (χ3n) is 13.7. The Bertz CT molecular complexity index is 1400. The van der Waals surface area contributed by atoms with E-state index in [1.54, 1.807) is 7.11 Å². The van der Waals surface area contributed by atoms with Gasteiger partial charge in [0.05, 0.1) is 0 Å². The molecule has 12 nitrogen and oxygen atoms in total. The number of hydrogen-bond acceptors (Lipinski definition) is 12. The van der Waals surface area contributed by atoms with Gasteiger partial charge in [0.1, 0.15) is 0 Å². The second-order valence-electron chi connectivity index (χ2n) is 17.4. The molecule has 12 unspecified atom stereocenters. The van der Waals surface area contributed by atoms with E-state index in [4.69, 9.17) is 46.7 Å². The summed E-state index contributed by atoms with van der Waals surface area (Å²) >= 11 is -2.34. The predicted molar refractivity (Wildman–Crippen MR) is 201 cm³/mol. The minimum atomic E-state index is -2.34. The van der Waals surface area contributed by atoms with Crippen molar-refractivity contribution in [2.45, 2.75) is 186 Å². The van der Waals surface area contributed by atoms with Crippen molar-refractivity contribution in [1.29, 1.82) is 0 Å². The van der Waals surface area contributed by atoms with E-state index in [1.807, 2.05) is 0 Å². The van der Waals surface area contributed by atoms with Crippen LogP contribution < -0.4 is 5.73 Å². The molecule has 13 heteroatoms. The Balaban J connectivity index is 1.00. The van der Waals surface area contributed by atoms with Crippen LogP contribution in [0, 0.1) is 11.8 Å². The predicted octanol–water partition coefficient (Wildman–Crippen LogP) is 4.45. The van der Waals surface area contributed by atoms with Gasteiger partial charge < -0.3 is 0 Å². The number of aliphatic hydroxyl groups is 1. The summed E-state index contributed by atoms with van der Waals surface area (Å²) in [6.45, 7) is 11.3. The molecule has 10 aliphatic heterocycles. The first-order valence-corrected chi connectivity index (χ1v) is 24.0. The molecule has 0 aromatic heterocycles. The van der Waals surface area contributed by atoms with Gasteiger partial charge in [-0.1, -0.05) is 0 Å². The molecule has 298 valence electrons. The molecule has 1 spiro atoms. The average molecular weight is 858 g/mol. The Labute approximate surface area is 321 Å². The molecular formula is C40H60INO11. The Morgan fingerprint density at radius 1 is 0.849 bits per heavy atom. The van der Waals surface area contributed by atoms with E-state index in [9.17, 15) is 9.90 Å². The first-order chi connectivity index (χ1) is 25.6. The summed E-state index contributed by atoms with van der Waals surface area (Å²) < 4.78 is 61.0. The van der Waals surface area contributed by atoms with Crippen molar-refractivity contribution in [3.8, 4) is 0 Å². The Kier molecular flexibility index (Phi) is 11.0. The number of fused-ring (bicyclic) bond motifs is 6. The number of aliphatic hydroxyl groups excluding tert-OH is 1. The fourth-order valence-electron chi connectivity index (χ4n) is 10.9. The summed E-state index contributed by atoms with van der Waals surface area (Å²) in [4.78, 5) is 14.2. The van der Waals surface area contributed by atoms with Crippen molar-refractivity contribution in [3.63, 3.8) is 0 Å². The van der Waals surface area contributed by atoms with Crippen LogP contribution in [0.15, 0.2) is 24.3 Å². The molecule has 0 radical (unpaired) electrons. The van der Waals surface area contributed by atoms with Crippen LogP contribution in [0.5, 0.6) is 0 Å². The van der Waals surface area contributed by atoms with Crippen LogP contribution in [0.1, 0.15) is 90.4 Å². The number of rotatable bonds is 4. The van der Waals surface area contributed by atoms with Crippen LogP contribution >= 0.6 is 20.2 Å². The number of Topliss-reactive ketones (excluding diaryl/α,β-unsaturated/α-hetero) is 1. The van der Waals surface area contributed by atoms with Crippen LogP contribution in [0.3, 0.4) is 0 Å². The van der Waals surface area contributed by atoms with Crippen molar-refractivity contribution >= 4 is 26.0 Å². The number of carbonyl (C=O) groups excluding carboxylic acids is 1. The van der Waals surface area contributed by atoms with E-state index >= 15 is 0 Å². The first kappa shape index (κ1) is 38.0. The third-order valence-corrected chi connectivity index (χ3v) is 19.7. The molecule has 10 heterocycles. The zero-order valence-corrected chi connectivity index (χ0v) is 33.5. The van der Waals surface area contributed by atoms with Gasteiger partial charge in [0.15, 0.2) is 0 Å². The van der Waals surface area contributed by atoms with Crippen LogP contribution in [0.25, 0.3) is 0 Å². The van der Waals surface area contributed by atoms with E-state index in [2.05, 4.69) is 20.1 Å². The van der Waals surface area contributed by atoms with Crippen LogP contribution in [-0.2, 0) is 45.8 Å². The average Bonchev–Trinajstić information content (AvgIpc) is 3.75. The maximum absolute atomic E-state index is 14.2. The summed E-state index contributed by atoms with van der Waals surface area (Å²) in [5.41, 5.74) is 8.07. The van der Waals surface area contributed by atoms with Crippen molar-refractivity contribution in [3.05, 3.63) is 24.3 Å². The van der Waals surface area contributed by atoms with Gasteiger partial charge in [-0.05, 0) is 0 Å². The number of nitrogens with two attached hydrogens (primary N) is 1. The summed E-state index contributed by atoms with van der Waals surface area (Å²) in [7, 11) is 1.70. The zero-order chi connectivity index (χ0) is 36.6. The maximum atomic E-state index is 14.2. The van der Waals surface area contributed by atoms with Gasteiger partial charge in [0.25, 0.3) is 0 Å². The molecule has 0 aromatic carbocycles. The van der Waals surface area contributed by atoms with Gasteiger partial charge in [-0.2, -0.15) is 0 Å². The molecule has 10 aliphatic rings. The fourth-order valence-corrected chi connectivity index (χ4v) is 17.0. The summed E-state index contributed by atoms with van der Waals surface area (Å²) in [6.07, 6.45) is 6.62. The Hall–Kier alpha value is -0.560. The van der Waals surface area contributed by atoms with Gasteiger partial charge in [-0.3, -0.25) is 0 Å². The molecule has 0 aliphatic carbocycles. The Morgan fingerprint density at radius 3 is 2.45 bits per heavy atom. The van der Waals surface area contributed by atoms with E-state index < -0.39 is 32.1 Å². The van der Waals surface area contributed by atoms with Gasteiger partial charge in [-0.25, -0.2) is 0 Å². The van der Waals surface area contributed by atoms with Gasteiger partial charge in [-0.15, -0.1) is 0 Å². The fraction of sp³-hybridized carbons (Fsp3) is 0.875. The van der Waals surface area contributed by atoms with Crippen molar-refractivity contribution in [2.75, 3.05) is 18.1 Å². The summed E-state index contributed by atoms with van der Waals surface area (Å²) in [5, 5.41) is 10.6. The standard InChI is InChI=1S/C40H60INO11/c1-20-12-26-8-9-29-21(2)13-27(46-29)10-11-40-17-33-35(51-40)36-37(50-33)38(52-40)34-30(49-36)7-5-6-25(48-34)14-23(43)15-28-32(16-31(47-26)22(20)3)53-41(39(28)45-4)18-24(44)19-42/h20,24-39,44H,2-3,5-19,42H2,1,4H3/t20-,24?,25?,26?,27?,28?,29?,30?,31?,32?,33-,34+,35?,36+,37?,38?,39-,40+/m1/s1. The number of ketones is 1. The molecule has 0 saturated carbocycles. The molecule has 12 bridgehead atoms. The van der Waals surface area contributed by atoms with Crippen LogP contribution in [-0.4, -0.2) is 124 Å². The molecule has 3 N–H and O–H groups in total. The molecule has 10 saturated heterocycles. The van der Waals surface area contributed by atoms with E-state index in [0.29, 0.717) is 42.4 Å². The number of carbonyl (C=O) groups is 1. The number of hydrogen-bond donors (Lipinski definition) is 2. The van der Waals surface area contributed by atoms with Crippen molar-refractivity contribution < 1.29 is 50.9 Å². The topological polar surface area (TPSA) is 146 Å². The van der Waals surface area contributed by atoms with Crippen LogP contribution in [0.2, 0.25) is 0 Å². The molecular weight excluding hydrogens is 797 g/mol. The molecule has 10 rings (SSSR count). The minimum absolute atomic E-state index is 0.0107. The van der Waals surface area contributed by atoms with E-state index in [1.165, 1.54) is 0 Å². The van der Waals surface area contributed by atoms with Crippen LogP contribution in [0.4, 0.5) is 0 Å². The van der Waals surface area contributed by atoms with Crippen molar-refractivity contribution in [1.82, 2.24) is 0 Å². The number of alkyl halides is 2. The zero-order valence-electron chi connectivity index (χ0n) is 31.3. The number of methoxy groups -OCH3 is 1.